The van der Waals surface area contributed by atoms with Crippen LogP contribution in [0, 0.1) is 11.6 Å². The Bertz CT molecular complexity index is 664. The van der Waals surface area contributed by atoms with E-state index in [1.807, 2.05) is 6.92 Å². The van der Waals surface area contributed by atoms with Gasteiger partial charge in [0, 0.05) is 6.04 Å². The van der Waals surface area contributed by atoms with Crippen LogP contribution in [0.5, 0.6) is 5.75 Å². The molecule has 0 saturated carbocycles. The Labute approximate surface area is 135 Å². The fourth-order valence-corrected chi connectivity index (χ4v) is 2.38. The van der Waals surface area contributed by atoms with Crippen LogP contribution in [0.2, 0.25) is 5.02 Å². The second-order valence-corrected chi connectivity index (χ2v) is 5.85. The second-order valence-electron chi connectivity index (χ2n) is 4.59. The lowest BCUT2D eigenvalue weighted by Crippen LogP contribution is -2.06. The maximum atomic E-state index is 13.8. The SMILES string of the molecule is C[C@@H](N)c1ccc(OCc2c(F)ccc(Br)c2F)c(Cl)c1. The monoisotopic (exact) mass is 375 g/mol. The molecule has 0 radical (unpaired) electrons. The third-order valence-corrected chi connectivity index (χ3v) is 3.90. The Kier molecular flexibility index (Phi) is 5.19. The van der Waals surface area contributed by atoms with Crippen molar-refractivity contribution in [3.05, 3.63) is 62.6 Å². The lowest BCUT2D eigenvalue weighted by atomic mass is 10.1. The van der Waals surface area contributed by atoms with Crippen molar-refractivity contribution in [2.45, 2.75) is 19.6 Å². The van der Waals surface area contributed by atoms with Crippen molar-refractivity contribution >= 4 is 27.5 Å². The summed E-state index contributed by atoms with van der Waals surface area (Å²) in [6, 6.07) is 7.39. The molecule has 2 aromatic rings. The zero-order valence-corrected chi connectivity index (χ0v) is 13.5. The van der Waals surface area contributed by atoms with Crippen LogP contribution in [0.1, 0.15) is 24.1 Å². The van der Waals surface area contributed by atoms with Gasteiger partial charge < -0.3 is 10.5 Å². The van der Waals surface area contributed by atoms with Gasteiger partial charge in [-0.1, -0.05) is 17.7 Å². The smallest absolute Gasteiger partial charge is 0.146 e. The van der Waals surface area contributed by atoms with Crippen LogP contribution >= 0.6 is 27.5 Å². The first-order valence-corrected chi connectivity index (χ1v) is 7.37. The molecule has 6 heteroatoms. The predicted molar refractivity (Wildman–Crippen MR) is 82.4 cm³/mol. The number of ether oxygens (including phenoxy) is 1. The summed E-state index contributed by atoms with van der Waals surface area (Å²) in [7, 11) is 0. The van der Waals surface area contributed by atoms with Crippen LogP contribution in [0.4, 0.5) is 8.78 Å². The molecule has 0 unspecified atom stereocenters. The van der Waals surface area contributed by atoms with Crippen LogP contribution in [0.15, 0.2) is 34.8 Å². The minimum Gasteiger partial charge on any atom is -0.487 e. The molecule has 0 aromatic heterocycles. The van der Waals surface area contributed by atoms with Gasteiger partial charge in [-0.05, 0) is 52.7 Å². The van der Waals surface area contributed by atoms with E-state index in [2.05, 4.69) is 15.9 Å². The standard InChI is InChI=1S/C15H13BrClF2NO/c1-8(20)9-2-5-14(12(17)6-9)21-7-10-13(18)4-3-11(16)15(10)19/h2-6,8H,7,20H2,1H3/t8-/m1/s1. The topological polar surface area (TPSA) is 35.2 Å². The summed E-state index contributed by atoms with van der Waals surface area (Å²) < 4.78 is 33.0. The maximum absolute atomic E-state index is 13.8. The third kappa shape index (κ3) is 3.73. The average molecular weight is 377 g/mol. The van der Waals surface area contributed by atoms with Crippen LogP contribution in [-0.4, -0.2) is 0 Å². The summed E-state index contributed by atoms with van der Waals surface area (Å²) in [4.78, 5) is 0. The van der Waals surface area contributed by atoms with E-state index < -0.39 is 11.6 Å². The summed E-state index contributed by atoms with van der Waals surface area (Å²) in [5.74, 6) is -1.00. The van der Waals surface area contributed by atoms with Crippen LogP contribution in [0.25, 0.3) is 0 Å². The minimum atomic E-state index is -0.682. The fraction of sp³-hybridized carbons (Fsp3) is 0.200. The largest absolute Gasteiger partial charge is 0.487 e. The molecule has 2 nitrogen and oxygen atoms in total. The molecular weight excluding hydrogens is 364 g/mol. The summed E-state index contributed by atoms with van der Waals surface area (Å²) in [5.41, 5.74) is 6.45. The first kappa shape index (κ1) is 16.2. The molecule has 2 N–H and O–H groups in total. The van der Waals surface area contributed by atoms with Gasteiger partial charge in [-0.3, -0.25) is 0 Å². The van der Waals surface area contributed by atoms with Gasteiger partial charge >= 0.3 is 0 Å². The van der Waals surface area contributed by atoms with Gasteiger partial charge in [0.1, 0.15) is 24.0 Å². The Morgan fingerprint density at radius 3 is 2.62 bits per heavy atom. The molecular formula is C15H13BrClF2NO. The van der Waals surface area contributed by atoms with E-state index in [-0.39, 0.29) is 22.7 Å². The van der Waals surface area contributed by atoms with E-state index in [1.165, 1.54) is 12.1 Å². The van der Waals surface area contributed by atoms with E-state index >= 15 is 0 Å². The van der Waals surface area contributed by atoms with Gasteiger partial charge in [-0.15, -0.1) is 0 Å². The van der Waals surface area contributed by atoms with Crippen molar-refractivity contribution in [1.29, 1.82) is 0 Å². The van der Waals surface area contributed by atoms with Crippen molar-refractivity contribution in [3.63, 3.8) is 0 Å². The Morgan fingerprint density at radius 2 is 2.00 bits per heavy atom. The molecule has 21 heavy (non-hydrogen) atoms. The number of hydrogen-bond acceptors (Lipinski definition) is 2. The van der Waals surface area contributed by atoms with Crippen LogP contribution < -0.4 is 10.5 Å². The molecule has 1 atom stereocenters. The van der Waals surface area contributed by atoms with Gasteiger partial charge in [-0.2, -0.15) is 0 Å². The third-order valence-electron chi connectivity index (χ3n) is 2.99. The number of hydrogen-bond donors (Lipinski definition) is 1. The highest BCUT2D eigenvalue weighted by atomic mass is 79.9. The van der Waals surface area contributed by atoms with Crippen LogP contribution in [-0.2, 0) is 6.61 Å². The molecule has 0 spiro atoms. The van der Waals surface area contributed by atoms with Crippen molar-refractivity contribution < 1.29 is 13.5 Å². The first-order chi connectivity index (χ1) is 9.90. The molecule has 112 valence electrons. The normalized spacial score (nSPS) is 12.3. The summed E-state index contributed by atoms with van der Waals surface area (Å²) >= 11 is 9.08. The van der Waals surface area contributed by atoms with Gasteiger partial charge in [0.2, 0.25) is 0 Å². The van der Waals surface area contributed by atoms with Crippen molar-refractivity contribution in [2.24, 2.45) is 5.73 Å². The van der Waals surface area contributed by atoms with E-state index in [0.29, 0.717) is 10.8 Å². The number of halogens is 4. The number of nitrogens with two attached hydrogens (primary N) is 1. The zero-order chi connectivity index (χ0) is 15.6. The van der Waals surface area contributed by atoms with Crippen molar-refractivity contribution in [2.75, 3.05) is 0 Å². The second kappa shape index (κ2) is 6.73. The molecule has 0 saturated heterocycles. The first-order valence-electron chi connectivity index (χ1n) is 6.20. The molecule has 2 aromatic carbocycles. The van der Waals surface area contributed by atoms with Crippen molar-refractivity contribution in [3.8, 4) is 5.75 Å². The molecule has 0 aliphatic carbocycles. The Balaban J connectivity index is 2.19. The van der Waals surface area contributed by atoms with E-state index in [0.717, 1.165) is 5.56 Å². The van der Waals surface area contributed by atoms with Gasteiger partial charge in [0.15, 0.2) is 0 Å². The zero-order valence-electron chi connectivity index (χ0n) is 11.2. The predicted octanol–water partition coefficient (Wildman–Crippen LogP) is 4.98. The number of rotatable bonds is 4. The Hall–Kier alpha value is -1.17. The lowest BCUT2D eigenvalue weighted by molar-refractivity contribution is 0.292. The molecule has 0 bridgehead atoms. The lowest BCUT2D eigenvalue weighted by Gasteiger charge is -2.12. The molecule has 0 aliphatic heterocycles. The van der Waals surface area contributed by atoms with E-state index in [9.17, 15) is 8.78 Å². The number of benzene rings is 2. The van der Waals surface area contributed by atoms with E-state index in [4.69, 9.17) is 22.1 Å². The van der Waals surface area contributed by atoms with Crippen molar-refractivity contribution in [1.82, 2.24) is 0 Å². The summed E-state index contributed by atoms with van der Waals surface area (Å²) in [6.07, 6.45) is 0. The van der Waals surface area contributed by atoms with Crippen LogP contribution in [0.3, 0.4) is 0 Å². The Morgan fingerprint density at radius 1 is 1.29 bits per heavy atom. The quantitative estimate of drug-likeness (QED) is 0.764. The van der Waals surface area contributed by atoms with Gasteiger partial charge in [-0.25, -0.2) is 8.78 Å². The molecule has 0 fully saturated rings. The maximum Gasteiger partial charge on any atom is 0.146 e. The molecule has 0 aliphatic rings. The highest BCUT2D eigenvalue weighted by Gasteiger charge is 2.14. The highest BCUT2D eigenvalue weighted by Crippen LogP contribution is 2.29. The highest BCUT2D eigenvalue weighted by molar-refractivity contribution is 9.10. The summed E-state index contributed by atoms with van der Waals surface area (Å²) in [6.45, 7) is 1.58. The van der Waals surface area contributed by atoms with Gasteiger partial charge in [0.05, 0.1) is 15.1 Å². The fourth-order valence-electron chi connectivity index (χ4n) is 1.77. The average Bonchev–Trinajstić information content (AvgIpc) is 2.44. The van der Waals surface area contributed by atoms with E-state index in [1.54, 1.807) is 18.2 Å². The molecule has 0 heterocycles. The summed E-state index contributed by atoms with van der Waals surface area (Å²) in [5, 5.41) is 0.348. The minimum absolute atomic E-state index is 0.156. The molecule has 2 rings (SSSR count). The van der Waals surface area contributed by atoms with Gasteiger partial charge in [0.25, 0.3) is 0 Å². The molecule has 0 amide bonds.